The van der Waals surface area contributed by atoms with Gasteiger partial charge in [-0.05, 0) is 48.2 Å². The second-order valence-corrected chi connectivity index (χ2v) is 8.67. The number of para-hydroxylation sites is 2. The molecule has 0 saturated heterocycles. The molecular formula is C30H25NO3. The fourth-order valence-corrected chi connectivity index (χ4v) is 5.42. The van der Waals surface area contributed by atoms with Crippen LogP contribution in [0.3, 0.4) is 0 Å². The highest BCUT2D eigenvalue weighted by Crippen LogP contribution is 2.56. The maximum Gasteiger partial charge on any atom is 0.342 e. The highest BCUT2D eigenvalue weighted by Gasteiger charge is 2.54. The Morgan fingerprint density at radius 2 is 1.32 bits per heavy atom. The van der Waals surface area contributed by atoms with E-state index in [1.54, 1.807) is 0 Å². The molecule has 34 heavy (non-hydrogen) atoms. The lowest BCUT2D eigenvalue weighted by Crippen LogP contribution is -2.32. The summed E-state index contributed by atoms with van der Waals surface area (Å²) in [5, 5.41) is 3.57. The minimum Gasteiger partial charge on any atom is -0.456 e. The van der Waals surface area contributed by atoms with E-state index in [0.717, 1.165) is 40.9 Å². The number of hydrogen-bond acceptors (Lipinski definition) is 4. The Kier molecular flexibility index (Phi) is 4.70. The molecule has 0 amide bonds. The number of carbonyl (C=O) groups excluding carboxylic acids is 1. The summed E-state index contributed by atoms with van der Waals surface area (Å²) < 4.78 is 12.5. The van der Waals surface area contributed by atoms with Crippen LogP contribution >= 0.6 is 0 Å². The van der Waals surface area contributed by atoms with E-state index in [2.05, 4.69) is 37.4 Å². The van der Waals surface area contributed by atoms with Crippen LogP contribution in [0, 0.1) is 0 Å². The predicted molar refractivity (Wildman–Crippen MR) is 133 cm³/mol. The normalized spacial score (nSPS) is 14.6. The van der Waals surface area contributed by atoms with Gasteiger partial charge in [0.1, 0.15) is 11.5 Å². The van der Waals surface area contributed by atoms with Crippen LogP contribution in [0.25, 0.3) is 0 Å². The van der Waals surface area contributed by atoms with Crippen molar-refractivity contribution in [2.45, 2.75) is 32.3 Å². The van der Waals surface area contributed by atoms with Gasteiger partial charge in [-0.15, -0.1) is 0 Å². The first kappa shape index (κ1) is 20.5. The lowest BCUT2D eigenvalue weighted by molar-refractivity contribution is 0.0225. The lowest BCUT2D eigenvalue weighted by Gasteiger charge is -2.36. The second kappa shape index (κ2) is 7.77. The van der Waals surface area contributed by atoms with E-state index in [4.69, 9.17) is 9.47 Å². The fraction of sp³-hybridized carbons (Fsp3) is 0.167. The minimum absolute atomic E-state index is 0.339. The third-order valence-corrected chi connectivity index (χ3v) is 6.92. The van der Waals surface area contributed by atoms with Crippen LogP contribution in [0.15, 0.2) is 84.9 Å². The first-order chi connectivity index (χ1) is 16.7. The molecule has 2 aliphatic rings. The summed E-state index contributed by atoms with van der Waals surface area (Å²) in [5.74, 6) is 1.06. The standard InChI is InChI=1S/C30H25NO3/c1-3-19-11-9-15-24(20(19)4-2)31-25-16-10-14-23-28(25)29(32)34-30(23)21-12-5-7-17-26(21)33-27-18-8-6-13-22(27)30/h5-18,31H,3-4H2,1-2H3. The van der Waals surface area contributed by atoms with Gasteiger partial charge in [0.25, 0.3) is 0 Å². The zero-order valence-electron chi connectivity index (χ0n) is 19.2. The first-order valence-electron chi connectivity index (χ1n) is 11.8. The predicted octanol–water partition coefficient (Wildman–Crippen LogP) is 7.12. The van der Waals surface area contributed by atoms with Crippen LogP contribution < -0.4 is 10.1 Å². The van der Waals surface area contributed by atoms with Gasteiger partial charge in [0.05, 0.1) is 11.3 Å². The minimum atomic E-state index is -1.05. The van der Waals surface area contributed by atoms with Crippen molar-refractivity contribution in [3.63, 3.8) is 0 Å². The van der Waals surface area contributed by atoms with E-state index in [1.807, 2.05) is 66.7 Å². The van der Waals surface area contributed by atoms with Crippen molar-refractivity contribution in [2.24, 2.45) is 0 Å². The Balaban J connectivity index is 1.57. The summed E-state index contributed by atoms with van der Waals surface area (Å²) in [5.41, 5.74) is 6.38. The Morgan fingerprint density at radius 1 is 0.706 bits per heavy atom. The molecule has 2 heterocycles. The van der Waals surface area contributed by atoms with E-state index in [-0.39, 0.29) is 5.97 Å². The number of carbonyl (C=O) groups is 1. The molecule has 0 radical (unpaired) electrons. The molecule has 0 unspecified atom stereocenters. The van der Waals surface area contributed by atoms with E-state index < -0.39 is 5.60 Å². The van der Waals surface area contributed by atoms with E-state index in [0.29, 0.717) is 17.1 Å². The summed E-state index contributed by atoms with van der Waals surface area (Å²) in [4.78, 5) is 13.5. The van der Waals surface area contributed by atoms with Crippen molar-refractivity contribution in [3.8, 4) is 11.5 Å². The monoisotopic (exact) mass is 447 g/mol. The van der Waals surface area contributed by atoms with Gasteiger partial charge >= 0.3 is 5.97 Å². The van der Waals surface area contributed by atoms with Gasteiger partial charge in [0.15, 0.2) is 5.60 Å². The molecule has 168 valence electrons. The van der Waals surface area contributed by atoms with Crippen molar-refractivity contribution < 1.29 is 14.3 Å². The highest BCUT2D eigenvalue weighted by atomic mass is 16.6. The number of anilines is 2. The molecule has 0 fully saturated rings. The zero-order chi connectivity index (χ0) is 23.3. The summed E-state index contributed by atoms with van der Waals surface area (Å²) in [7, 11) is 0. The second-order valence-electron chi connectivity index (χ2n) is 8.67. The molecule has 1 N–H and O–H groups in total. The van der Waals surface area contributed by atoms with Crippen LogP contribution in [0.2, 0.25) is 0 Å². The summed E-state index contributed by atoms with van der Waals surface area (Å²) in [6.45, 7) is 4.33. The summed E-state index contributed by atoms with van der Waals surface area (Å²) >= 11 is 0. The number of nitrogens with one attached hydrogen (secondary N) is 1. The molecule has 4 aromatic carbocycles. The third-order valence-electron chi connectivity index (χ3n) is 6.92. The van der Waals surface area contributed by atoms with Gasteiger partial charge in [0.2, 0.25) is 0 Å². The van der Waals surface area contributed by atoms with Crippen molar-refractivity contribution >= 4 is 17.3 Å². The zero-order valence-corrected chi connectivity index (χ0v) is 19.2. The van der Waals surface area contributed by atoms with Gasteiger partial charge in [0, 0.05) is 22.4 Å². The van der Waals surface area contributed by atoms with Crippen molar-refractivity contribution in [2.75, 3.05) is 5.32 Å². The Morgan fingerprint density at radius 3 is 2.00 bits per heavy atom. The van der Waals surface area contributed by atoms with E-state index in [9.17, 15) is 4.79 Å². The van der Waals surface area contributed by atoms with Crippen molar-refractivity contribution in [3.05, 3.63) is 118 Å². The summed E-state index contributed by atoms with van der Waals surface area (Å²) in [6.07, 6.45) is 1.87. The summed E-state index contributed by atoms with van der Waals surface area (Å²) in [6, 6.07) is 27.8. The Hall–Kier alpha value is -4.05. The van der Waals surface area contributed by atoms with Crippen LogP contribution in [0.5, 0.6) is 11.5 Å². The third kappa shape index (κ3) is 2.81. The van der Waals surface area contributed by atoms with Crippen molar-refractivity contribution in [1.29, 1.82) is 0 Å². The van der Waals surface area contributed by atoms with Crippen LogP contribution in [-0.2, 0) is 23.2 Å². The highest BCUT2D eigenvalue weighted by molar-refractivity contribution is 6.03. The number of aryl methyl sites for hydroxylation is 1. The van der Waals surface area contributed by atoms with Crippen LogP contribution in [-0.4, -0.2) is 5.97 Å². The average Bonchev–Trinajstić information content (AvgIpc) is 3.17. The molecular weight excluding hydrogens is 422 g/mol. The Bertz CT molecular complexity index is 1390. The van der Waals surface area contributed by atoms with Crippen molar-refractivity contribution in [1.82, 2.24) is 0 Å². The maximum absolute atomic E-state index is 13.5. The number of benzene rings is 4. The molecule has 0 bridgehead atoms. The van der Waals surface area contributed by atoms with Gasteiger partial charge in [-0.2, -0.15) is 0 Å². The van der Waals surface area contributed by atoms with E-state index in [1.165, 1.54) is 11.1 Å². The van der Waals surface area contributed by atoms with Gasteiger partial charge in [-0.3, -0.25) is 0 Å². The maximum atomic E-state index is 13.5. The first-order valence-corrected chi connectivity index (χ1v) is 11.8. The molecule has 0 atom stereocenters. The Labute approximate surface area is 199 Å². The molecule has 0 aliphatic carbocycles. The van der Waals surface area contributed by atoms with Crippen LogP contribution in [0.4, 0.5) is 11.4 Å². The molecule has 6 rings (SSSR count). The molecule has 0 saturated carbocycles. The average molecular weight is 448 g/mol. The molecule has 1 spiro atoms. The van der Waals surface area contributed by atoms with Gasteiger partial charge in [-0.25, -0.2) is 4.79 Å². The van der Waals surface area contributed by atoms with Gasteiger partial charge < -0.3 is 14.8 Å². The quantitative estimate of drug-likeness (QED) is 0.338. The largest absolute Gasteiger partial charge is 0.456 e. The van der Waals surface area contributed by atoms with Gasteiger partial charge in [-0.1, -0.05) is 74.5 Å². The number of fused-ring (bicyclic) bond motifs is 6. The number of esters is 1. The number of ether oxygens (including phenoxy) is 2. The topological polar surface area (TPSA) is 47.6 Å². The number of hydrogen-bond donors (Lipinski definition) is 1. The molecule has 4 heteroatoms. The fourth-order valence-electron chi connectivity index (χ4n) is 5.42. The molecule has 0 aromatic heterocycles. The molecule has 4 aromatic rings. The molecule has 2 aliphatic heterocycles. The molecule has 4 nitrogen and oxygen atoms in total. The SMILES string of the molecule is CCc1cccc(Nc2cccc3c2C(=O)OC32c3ccccc3Oc3ccccc32)c1CC. The number of rotatable bonds is 4. The van der Waals surface area contributed by atoms with Crippen LogP contribution in [0.1, 0.15) is 52.0 Å². The van der Waals surface area contributed by atoms with E-state index >= 15 is 0 Å². The smallest absolute Gasteiger partial charge is 0.342 e. The lowest BCUT2D eigenvalue weighted by atomic mass is 9.77.